The van der Waals surface area contributed by atoms with Gasteiger partial charge in [0, 0.05) is 38.6 Å². The van der Waals surface area contributed by atoms with E-state index >= 15 is 0 Å². The van der Waals surface area contributed by atoms with Gasteiger partial charge in [0.15, 0.2) is 0 Å². The van der Waals surface area contributed by atoms with Crippen molar-refractivity contribution in [3.8, 4) is 0 Å². The monoisotopic (exact) mass is 639 g/mol. The number of likely N-dealkylation sites (N-methyl/N-ethyl adjacent to an activating group) is 2. The van der Waals surface area contributed by atoms with Gasteiger partial charge in [-0.05, 0) is 43.4 Å². The number of nitrogens with one attached hydrogen (secondary N) is 3. The van der Waals surface area contributed by atoms with Crippen molar-refractivity contribution in [1.29, 1.82) is 0 Å². The van der Waals surface area contributed by atoms with Gasteiger partial charge in [-0.2, -0.15) is 0 Å². The third-order valence-electron chi connectivity index (χ3n) is 7.42. The van der Waals surface area contributed by atoms with Crippen LogP contribution >= 0.6 is 11.6 Å². The van der Waals surface area contributed by atoms with Crippen molar-refractivity contribution in [2.75, 3.05) is 40.9 Å². The Morgan fingerprint density at radius 2 is 1.73 bits per heavy atom. The van der Waals surface area contributed by atoms with Crippen LogP contribution in [-0.2, 0) is 35.3 Å². The summed E-state index contributed by atoms with van der Waals surface area (Å²) in [6.45, 7) is 2.31. The molecule has 0 saturated heterocycles. The predicted molar refractivity (Wildman–Crippen MR) is 163 cm³/mol. The summed E-state index contributed by atoms with van der Waals surface area (Å²) in [5.41, 5.74) is 0.695. The second-order valence-electron chi connectivity index (χ2n) is 10.7. The Morgan fingerprint density at radius 3 is 2.39 bits per heavy atom. The lowest BCUT2D eigenvalue weighted by Crippen LogP contribution is -2.54. The van der Waals surface area contributed by atoms with Crippen molar-refractivity contribution in [3.63, 3.8) is 0 Å². The summed E-state index contributed by atoms with van der Waals surface area (Å²) < 4.78 is 10.2. The summed E-state index contributed by atoms with van der Waals surface area (Å²) in [5.74, 6) is -1.18. The second-order valence-corrected chi connectivity index (χ2v) is 11.2. The van der Waals surface area contributed by atoms with Crippen LogP contribution in [-0.4, -0.2) is 92.9 Å². The van der Waals surface area contributed by atoms with E-state index in [0.29, 0.717) is 17.0 Å². The smallest absolute Gasteiger partial charge is 0.408 e. The van der Waals surface area contributed by atoms with Crippen LogP contribution in [0, 0.1) is 5.92 Å². The van der Waals surface area contributed by atoms with Gasteiger partial charge in [-0.25, -0.2) is 14.7 Å². The van der Waals surface area contributed by atoms with Crippen molar-refractivity contribution in [3.05, 3.63) is 34.9 Å². The van der Waals surface area contributed by atoms with Crippen LogP contribution in [0.15, 0.2) is 24.3 Å². The van der Waals surface area contributed by atoms with Gasteiger partial charge in [0.1, 0.15) is 18.7 Å². The minimum absolute atomic E-state index is 0.0118. The summed E-state index contributed by atoms with van der Waals surface area (Å²) in [6, 6.07) is 4.85. The molecule has 44 heavy (non-hydrogen) atoms. The van der Waals surface area contributed by atoms with Gasteiger partial charge in [-0.3, -0.25) is 19.2 Å². The van der Waals surface area contributed by atoms with Crippen LogP contribution in [0.3, 0.4) is 0 Å². The highest BCUT2D eigenvalue weighted by Gasteiger charge is 2.31. The Hall–Kier alpha value is -3.58. The fourth-order valence-corrected chi connectivity index (χ4v) is 5.09. The van der Waals surface area contributed by atoms with Gasteiger partial charge in [-0.1, -0.05) is 55.8 Å². The van der Waals surface area contributed by atoms with E-state index in [2.05, 4.69) is 16.0 Å². The third kappa shape index (κ3) is 13.4. The van der Waals surface area contributed by atoms with Crippen LogP contribution in [0.1, 0.15) is 63.9 Å². The molecule has 14 heteroatoms. The Kier molecular flexibility index (Phi) is 16.3. The van der Waals surface area contributed by atoms with E-state index in [0.717, 1.165) is 37.2 Å². The topological polar surface area (TPSA) is 156 Å². The van der Waals surface area contributed by atoms with Crippen LogP contribution < -0.4 is 16.0 Å². The minimum Gasteiger partial charge on any atom is -0.450 e. The molecule has 0 aliphatic heterocycles. The second kappa shape index (κ2) is 19.6. The highest BCUT2D eigenvalue weighted by molar-refractivity contribution is 6.30. The van der Waals surface area contributed by atoms with E-state index in [9.17, 15) is 24.0 Å². The first kappa shape index (κ1) is 36.6. The lowest BCUT2D eigenvalue weighted by atomic mass is 9.84. The van der Waals surface area contributed by atoms with Crippen LogP contribution in [0.5, 0.6) is 0 Å². The van der Waals surface area contributed by atoms with E-state index in [-0.39, 0.29) is 51.0 Å². The molecule has 3 N–H and O–H groups in total. The first-order chi connectivity index (χ1) is 21.0. The fraction of sp³-hybridized carbons (Fsp3) is 0.633. The van der Waals surface area contributed by atoms with Crippen molar-refractivity contribution in [2.24, 2.45) is 5.92 Å². The number of amides is 5. The van der Waals surface area contributed by atoms with Crippen molar-refractivity contribution in [2.45, 2.75) is 77.0 Å². The number of carbonyl (C=O) groups excluding carboxylic acids is 5. The van der Waals surface area contributed by atoms with Crippen molar-refractivity contribution >= 4 is 41.5 Å². The molecule has 1 aliphatic rings. The summed E-state index contributed by atoms with van der Waals surface area (Å²) in [7, 11) is 4.29. The average molecular weight is 640 g/mol. The lowest BCUT2D eigenvalue weighted by molar-refractivity contribution is -0.172. The molecule has 246 valence electrons. The van der Waals surface area contributed by atoms with Gasteiger partial charge < -0.3 is 30.3 Å². The number of alkyl carbamates (subject to hydrolysis) is 2. The van der Waals surface area contributed by atoms with E-state index < -0.39 is 36.1 Å². The molecule has 2 rings (SSSR count). The maximum Gasteiger partial charge on any atom is 0.408 e. The fourth-order valence-electron chi connectivity index (χ4n) is 4.88. The number of ether oxygens (including phenoxy) is 2. The molecule has 2 atom stereocenters. The highest BCUT2D eigenvalue weighted by Crippen LogP contribution is 2.27. The quantitative estimate of drug-likeness (QED) is 0.233. The van der Waals surface area contributed by atoms with E-state index in [1.54, 1.807) is 38.2 Å². The molecule has 0 bridgehead atoms. The molecular weight excluding hydrogens is 594 g/mol. The van der Waals surface area contributed by atoms with Gasteiger partial charge in [0.05, 0.1) is 13.7 Å². The number of hydroxylamine groups is 2. The molecule has 1 aromatic rings. The number of rotatable bonds is 16. The van der Waals surface area contributed by atoms with Gasteiger partial charge in [0.2, 0.25) is 11.8 Å². The molecule has 0 radical (unpaired) electrons. The molecule has 1 saturated carbocycles. The van der Waals surface area contributed by atoms with Crippen LogP contribution in [0.25, 0.3) is 0 Å². The molecular formula is C30H46ClN5O8. The number of nitrogens with zero attached hydrogens (tertiary/aromatic N) is 2. The SMILES string of the molecule is CCOC(=O)NCCN(C)C(=O)CC[C@H](NC(=O)[C@H](CC1CCCCC1)NC(=O)OCc1cccc(Cl)c1)C(=O)N(C)OC. The van der Waals surface area contributed by atoms with Crippen molar-refractivity contribution < 1.29 is 38.3 Å². The molecule has 0 aromatic heterocycles. The van der Waals surface area contributed by atoms with Gasteiger partial charge >= 0.3 is 12.2 Å². The molecule has 0 unspecified atom stereocenters. The zero-order valence-corrected chi connectivity index (χ0v) is 26.8. The summed E-state index contributed by atoms with van der Waals surface area (Å²) in [6.07, 6.45) is 4.05. The Morgan fingerprint density at radius 1 is 1.00 bits per heavy atom. The van der Waals surface area contributed by atoms with Crippen molar-refractivity contribution in [1.82, 2.24) is 25.9 Å². The first-order valence-electron chi connectivity index (χ1n) is 15.0. The summed E-state index contributed by atoms with van der Waals surface area (Å²) in [5, 5.41) is 9.44. The number of hydrogen-bond acceptors (Lipinski definition) is 8. The normalized spacial score (nSPS) is 14.5. The largest absolute Gasteiger partial charge is 0.450 e. The third-order valence-corrected chi connectivity index (χ3v) is 7.66. The van der Waals surface area contributed by atoms with E-state index in [1.165, 1.54) is 19.1 Å². The Labute approximate surface area is 264 Å². The number of carbonyl (C=O) groups is 5. The zero-order valence-electron chi connectivity index (χ0n) is 26.1. The Bertz CT molecular complexity index is 1100. The van der Waals surface area contributed by atoms with Gasteiger partial charge in [0.25, 0.3) is 5.91 Å². The van der Waals surface area contributed by atoms with E-state index in [4.69, 9.17) is 25.9 Å². The maximum atomic E-state index is 13.6. The summed E-state index contributed by atoms with van der Waals surface area (Å²) >= 11 is 6.02. The predicted octanol–water partition coefficient (Wildman–Crippen LogP) is 3.39. The zero-order chi connectivity index (χ0) is 32.5. The standard InChI is InChI=1S/C30H46ClN5O8/c1-5-43-29(40)32-16-17-35(2)26(37)15-14-24(28(39)36(3)42-4)33-27(38)25(19-21-10-7-6-8-11-21)34-30(41)44-20-22-12-9-13-23(31)18-22/h9,12-13,18,21,24-25H,5-8,10-11,14-17,19-20H2,1-4H3,(H,32,40)(H,33,38)(H,34,41)/t24-,25-/m0/s1. The molecule has 0 heterocycles. The molecule has 5 amide bonds. The Balaban J connectivity index is 2.06. The average Bonchev–Trinajstić information content (AvgIpc) is 3.01. The number of hydrogen-bond donors (Lipinski definition) is 3. The molecule has 1 fully saturated rings. The first-order valence-corrected chi connectivity index (χ1v) is 15.4. The number of halogens is 1. The highest BCUT2D eigenvalue weighted by atomic mass is 35.5. The lowest BCUT2D eigenvalue weighted by Gasteiger charge is -2.29. The minimum atomic E-state index is -1.10. The maximum absolute atomic E-state index is 13.6. The molecule has 1 aromatic carbocycles. The molecule has 13 nitrogen and oxygen atoms in total. The van der Waals surface area contributed by atoms with Crippen LogP contribution in [0.4, 0.5) is 9.59 Å². The molecule has 0 spiro atoms. The van der Waals surface area contributed by atoms with Gasteiger partial charge in [-0.15, -0.1) is 0 Å². The number of benzene rings is 1. The molecule has 1 aliphatic carbocycles. The summed E-state index contributed by atoms with van der Waals surface area (Å²) in [4.78, 5) is 70.1. The van der Waals surface area contributed by atoms with E-state index in [1.807, 2.05) is 0 Å². The van der Waals surface area contributed by atoms with Crippen LogP contribution in [0.2, 0.25) is 5.02 Å².